The van der Waals surface area contributed by atoms with E-state index in [4.69, 9.17) is 0 Å². The van der Waals surface area contributed by atoms with Crippen LogP contribution in [0.1, 0.15) is 6.42 Å². The van der Waals surface area contributed by atoms with Crippen molar-refractivity contribution in [3.8, 4) is 0 Å². The van der Waals surface area contributed by atoms with Crippen LogP contribution >= 0.6 is 0 Å². The molecule has 0 bridgehead atoms. The fraction of sp³-hybridized carbons (Fsp3) is 0.286. The standard InChI is InChI=1S/C7H9.Co/c1-2-7-5-3-4-6-7;/h3-7H,1-2H2;. The summed E-state index contributed by atoms with van der Waals surface area (Å²) in [6.45, 7) is 3.77. The maximum Gasteiger partial charge on any atom is 0 e. The molecule has 0 saturated heterocycles. The first-order valence-electron chi connectivity index (χ1n) is 2.57. The van der Waals surface area contributed by atoms with Gasteiger partial charge in [0.1, 0.15) is 0 Å². The predicted molar refractivity (Wildman–Crippen MR) is 31.7 cm³/mol. The molecule has 1 heteroatoms. The first kappa shape index (κ1) is 7.99. The van der Waals surface area contributed by atoms with Crippen LogP contribution in [0.4, 0.5) is 0 Å². The Bertz CT molecular complexity index is 91.0. The molecule has 0 nitrogen and oxygen atoms in total. The average molecular weight is 152 g/mol. The summed E-state index contributed by atoms with van der Waals surface area (Å²) in [4.78, 5) is 0. The molecule has 0 saturated carbocycles. The summed E-state index contributed by atoms with van der Waals surface area (Å²) in [5.41, 5.74) is 0. The molecule has 0 amide bonds. The van der Waals surface area contributed by atoms with Crippen LogP contribution in [0.5, 0.6) is 0 Å². The van der Waals surface area contributed by atoms with Gasteiger partial charge >= 0.3 is 0 Å². The Labute approximate surface area is 60.9 Å². The molecule has 1 rings (SSSR count). The van der Waals surface area contributed by atoms with E-state index in [1.807, 2.05) is 0 Å². The fourth-order valence-corrected chi connectivity index (χ4v) is 0.670. The smallest absolute Gasteiger partial charge is 0 e. The van der Waals surface area contributed by atoms with E-state index in [1.165, 1.54) is 0 Å². The molecule has 0 fully saturated rings. The SMILES string of the molecule is [CH2]CC1C=CC=C1.[Co]. The van der Waals surface area contributed by atoms with Crippen LogP contribution in [0, 0.1) is 12.8 Å². The van der Waals surface area contributed by atoms with Gasteiger partial charge in [0.15, 0.2) is 0 Å². The second-order valence-electron chi connectivity index (χ2n) is 1.72. The van der Waals surface area contributed by atoms with Crippen molar-refractivity contribution in [2.75, 3.05) is 0 Å². The van der Waals surface area contributed by atoms with E-state index in [9.17, 15) is 0 Å². The first-order valence-corrected chi connectivity index (χ1v) is 2.57. The second-order valence-corrected chi connectivity index (χ2v) is 1.72. The van der Waals surface area contributed by atoms with E-state index in [2.05, 4.69) is 31.2 Å². The molecule has 1 aliphatic carbocycles. The first-order chi connectivity index (χ1) is 3.43. The molecule has 0 spiro atoms. The maximum atomic E-state index is 3.77. The summed E-state index contributed by atoms with van der Waals surface area (Å²) in [6.07, 6.45) is 9.44. The van der Waals surface area contributed by atoms with E-state index in [1.54, 1.807) is 0 Å². The molecule has 0 aliphatic heterocycles. The van der Waals surface area contributed by atoms with Crippen molar-refractivity contribution in [3.63, 3.8) is 0 Å². The number of rotatable bonds is 1. The third-order valence-corrected chi connectivity index (χ3v) is 1.16. The van der Waals surface area contributed by atoms with Crippen LogP contribution in [0.25, 0.3) is 0 Å². The van der Waals surface area contributed by atoms with Crippen molar-refractivity contribution < 1.29 is 16.8 Å². The van der Waals surface area contributed by atoms with Crippen molar-refractivity contribution in [2.24, 2.45) is 5.92 Å². The van der Waals surface area contributed by atoms with Gasteiger partial charge in [0, 0.05) is 16.8 Å². The molecule has 0 aromatic heterocycles. The van der Waals surface area contributed by atoms with Gasteiger partial charge < -0.3 is 0 Å². The summed E-state index contributed by atoms with van der Waals surface area (Å²) in [5, 5.41) is 0. The van der Waals surface area contributed by atoms with Crippen molar-refractivity contribution in [1.82, 2.24) is 0 Å². The Morgan fingerprint density at radius 3 is 2.00 bits per heavy atom. The summed E-state index contributed by atoms with van der Waals surface area (Å²) >= 11 is 0. The van der Waals surface area contributed by atoms with E-state index >= 15 is 0 Å². The fourth-order valence-electron chi connectivity index (χ4n) is 0.670. The molecule has 8 heavy (non-hydrogen) atoms. The van der Waals surface area contributed by atoms with Gasteiger partial charge in [-0.3, -0.25) is 0 Å². The van der Waals surface area contributed by atoms with E-state index in [-0.39, 0.29) is 16.8 Å². The topological polar surface area (TPSA) is 0 Å². The zero-order valence-corrected chi connectivity index (χ0v) is 5.68. The molecule has 0 unspecified atom stereocenters. The van der Waals surface area contributed by atoms with E-state index in [0.717, 1.165) is 6.42 Å². The average Bonchev–Trinajstić information content (AvgIpc) is 2.14. The van der Waals surface area contributed by atoms with Crippen LogP contribution in [-0.2, 0) is 16.8 Å². The van der Waals surface area contributed by atoms with Gasteiger partial charge in [-0.2, -0.15) is 0 Å². The van der Waals surface area contributed by atoms with Gasteiger partial charge in [-0.05, 0) is 12.3 Å². The summed E-state index contributed by atoms with van der Waals surface area (Å²) in [6, 6.07) is 0. The Balaban J connectivity index is 0.000000490. The van der Waals surface area contributed by atoms with Gasteiger partial charge in [-0.25, -0.2) is 0 Å². The summed E-state index contributed by atoms with van der Waals surface area (Å²) in [5.74, 6) is 0.625. The molecule has 0 atom stereocenters. The van der Waals surface area contributed by atoms with Gasteiger partial charge in [-0.1, -0.05) is 31.2 Å². The minimum absolute atomic E-state index is 0. The molecule has 2 radical (unpaired) electrons. The molecular formula is C7H9Co. The number of hydrogen-bond acceptors (Lipinski definition) is 0. The largest absolute Gasteiger partial charge is 0.0776 e. The van der Waals surface area contributed by atoms with Crippen LogP contribution in [0.3, 0.4) is 0 Å². The number of hydrogen-bond donors (Lipinski definition) is 0. The predicted octanol–water partition coefficient (Wildman–Crippen LogP) is 1.95. The number of allylic oxidation sites excluding steroid dienone is 4. The zero-order valence-electron chi connectivity index (χ0n) is 4.63. The third-order valence-electron chi connectivity index (χ3n) is 1.16. The Morgan fingerprint density at radius 1 is 1.25 bits per heavy atom. The molecule has 1 aliphatic rings. The van der Waals surface area contributed by atoms with E-state index < -0.39 is 0 Å². The van der Waals surface area contributed by atoms with E-state index in [0.29, 0.717) is 5.92 Å². The maximum absolute atomic E-state index is 3.77. The van der Waals surface area contributed by atoms with Gasteiger partial charge in [0.2, 0.25) is 0 Å². The molecular weight excluding hydrogens is 143 g/mol. The summed E-state index contributed by atoms with van der Waals surface area (Å²) < 4.78 is 0. The molecule has 0 heterocycles. The van der Waals surface area contributed by atoms with Crippen LogP contribution in [-0.4, -0.2) is 0 Å². The van der Waals surface area contributed by atoms with Crippen LogP contribution in [0.2, 0.25) is 0 Å². The van der Waals surface area contributed by atoms with Crippen LogP contribution < -0.4 is 0 Å². The Hall–Kier alpha value is -0.0135. The summed E-state index contributed by atoms with van der Waals surface area (Å²) in [7, 11) is 0. The minimum atomic E-state index is 0. The second kappa shape index (κ2) is 3.93. The molecule has 0 aromatic carbocycles. The Morgan fingerprint density at radius 2 is 1.75 bits per heavy atom. The molecule has 0 N–H and O–H groups in total. The monoisotopic (exact) mass is 152 g/mol. The van der Waals surface area contributed by atoms with Gasteiger partial charge in [-0.15, -0.1) is 0 Å². The zero-order chi connectivity index (χ0) is 5.11. The minimum Gasteiger partial charge on any atom is -0.0776 e. The third kappa shape index (κ3) is 1.84. The normalized spacial score (nSPS) is 16.6. The van der Waals surface area contributed by atoms with Crippen molar-refractivity contribution >= 4 is 0 Å². The molecule has 46 valence electrons. The molecule has 0 aromatic rings. The quantitative estimate of drug-likeness (QED) is 0.538. The van der Waals surface area contributed by atoms with Crippen LogP contribution in [0.15, 0.2) is 24.3 Å². The van der Waals surface area contributed by atoms with Crippen molar-refractivity contribution in [3.05, 3.63) is 31.2 Å². The van der Waals surface area contributed by atoms with Crippen molar-refractivity contribution in [1.29, 1.82) is 0 Å². The van der Waals surface area contributed by atoms with Gasteiger partial charge in [0.25, 0.3) is 0 Å². The van der Waals surface area contributed by atoms with Gasteiger partial charge in [0.05, 0.1) is 0 Å². The Kier molecular flexibility index (Phi) is 3.92. The van der Waals surface area contributed by atoms with Crippen molar-refractivity contribution in [2.45, 2.75) is 6.42 Å².